The third-order valence-electron chi connectivity index (χ3n) is 7.33. The molecule has 0 fully saturated rings. The molecule has 12 heteroatoms. The van der Waals surface area contributed by atoms with Gasteiger partial charge < -0.3 is 26.2 Å². The number of carbonyl (C=O) groups is 3. The van der Waals surface area contributed by atoms with Crippen LogP contribution in [0.3, 0.4) is 0 Å². The van der Waals surface area contributed by atoms with Crippen LogP contribution in [0, 0.1) is 5.92 Å². The molecule has 2 amide bonds. The zero-order valence-electron chi connectivity index (χ0n) is 26.5. The van der Waals surface area contributed by atoms with Crippen LogP contribution in [0.15, 0.2) is 83.8 Å². The summed E-state index contributed by atoms with van der Waals surface area (Å²) in [6, 6.07) is 20.0. The normalized spacial score (nSPS) is 12.8. The number of sulfonamides is 1. The summed E-state index contributed by atoms with van der Waals surface area (Å²) in [4.78, 5) is 38.4. The predicted molar refractivity (Wildman–Crippen MR) is 177 cm³/mol. The summed E-state index contributed by atoms with van der Waals surface area (Å²) in [6.45, 7) is 3.89. The van der Waals surface area contributed by atoms with Crippen molar-refractivity contribution >= 4 is 33.5 Å². The zero-order chi connectivity index (χ0) is 33.7. The quantitative estimate of drug-likeness (QED) is 0.119. The van der Waals surface area contributed by atoms with Crippen molar-refractivity contribution in [3.05, 3.63) is 90.0 Å². The Morgan fingerprint density at radius 3 is 2.15 bits per heavy atom. The Labute approximate surface area is 271 Å². The highest BCUT2D eigenvalue weighted by Gasteiger charge is 2.36. The first kappa shape index (κ1) is 36.1. The Balaban J connectivity index is 1.62. The molecule has 2 atom stereocenters. The molecule has 0 heterocycles. The van der Waals surface area contributed by atoms with E-state index in [2.05, 4.69) is 10.6 Å². The molecular weight excluding hydrogens is 608 g/mol. The predicted octanol–water partition coefficient (Wildman–Crippen LogP) is 3.63. The van der Waals surface area contributed by atoms with E-state index in [-0.39, 0.29) is 55.0 Å². The van der Waals surface area contributed by atoms with Crippen LogP contribution in [0.5, 0.6) is 5.75 Å². The SMILES string of the molecule is COc1ccc(CC(=O)NC(Cc2ccccc2)C(=O)NCCCC[C@@H](C(=O)O)N(CC(C)C)S(=O)(=O)c2ccc(N)cc2)cc1. The molecule has 0 spiro atoms. The number of amides is 2. The average Bonchev–Trinajstić information content (AvgIpc) is 3.02. The number of hydrogen-bond donors (Lipinski definition) is 4. The number of aliphatic carboxylic acids is 1. The molecule has 0 aliphatic carbocycles. The van der Waals surface area contributed by atoms with Crippen LogP contribution in [0.1, 0.15) is 44.2 Å². The molecule has 0 bridgehead atoms. The number of rotatable bonds is 18. The largest absolute Gasteiger partial charge is 0.497 e. The first-order valence-corrected chi connectivity index (χ1v) is 16.7. The lowest BCUT2D eigenvalue weighted by molar-refractivity contribution is -0.142. The molecular formula is C34H44N4O7S. The van der Waals surface area contributed by atoms with Crippen LogP contribution in [0.4, 0.5) is 5.69 Å². The number of benzene rings is 3. The monoisotopic (exact) mass is 652 g/mol. The Morgan fingerprint density at radius 2 is 1.57 bits per heavy atom. The van der Waals surface area contributed by atoms with Crippen LogP contribution in [0.25, 0.3) is 0 Å². The molecule has 0 aliphatic rings. The fourth-order valence-electron chi connectivity index (χ4n) is 4.95. The van der Waals surface area contributed by atoms with Crippen molar-refractivity contribution in [3.63, 3.8) is 0 Å². The van der Waals surface area contributed by atoms with Crippen molar-refractivity contribution in [3.8, 4) is 5.75 Å². The summed E-state index contributed by atoms with van der Waals surface area (Å²) >= 11 is 0. The fourth-order valence-corrected chi connectivity index (χ4v) is 6.73. The van der Waals surface area contributed by atoms with E-state index in [1.165, 1.54) is 24.3 Å². The van der Waals surface area contributed by atoms with Gasteiger partial charge in [-0.15, -0.1) is 0 Å². The second-order valence-corrected chi connectivity index (χ2v) is 13.4. The van der Waals surface area contributed by atoms with Crippen molar-refractivity contribution in [2.75, 3.05) is 25.9 Å². The molecule has 3 aromatic carbocycles. The second-order valence-electron chi connectivity index (χ2n) is 11.5. The van der Waals surface area contributed by atoms with Crippen molar-refractivity contribution in [2.24, 2.45) is 5.92 Å². The molecule has 248 valence electrons. The minimum atomic E-state index is -4.11. The van der Waals surface area contributed by atoms with Crippen LogP contribution in [-0.4, -0.2) is 67.9 Å². The maximum absolute atomic E-state index is 13.5. The summed E-state index contributed by atoms with van der Waals surface area (Å²) in [7, 11) is -2.55. The second kappa shape index (κ2) is 17.3. The number of carbonyl (C=O) groups excluding carboxylic acids is 2. The number of nitrogens with zero attached hydrogens (tertiary/aromatic N) is 1. The number of nitrogen functional groups attached to an aromatic ring is 1. The van der Waals surface area contributed by atoms with E-state index in [1.54, 1.807) is 31.4 Å². The third kappa shape index (κ3) is 10.9. The van der Waals surface area contributed by atoms with E-state index in [0.717, 1.165) is 15.4 Å². The van der Waals surface area contributed by atoms with Gasteiger partial charge >= 0.3 is 5.97 Å². The summed E-state index contributed by atoms with van der Waals surface area (Å²) in [6.07, 6.45) is 1.18. The van der Waals surface area contributed by atoms with E-state index in [1.807, 2.05) is 44.2 Å². The van der Waals surface area contributed by atoms with Gasteiger partial charge in [-0.3, -0.25) is 14.4 Å². The van der Waals surface area contributed by atoms with Gasteiger partial charge in [-0.25, -0.2) is 8.42 Å². The molecule has 0 aliphatic heterocycles. The van der Waals surface area contributed by atoms with Crippen molar-refractivity contribution in [2.45, 2.75) is 62.9 Å². The van der Waals surface area contributed by atoms with E-state index >= 15 is 0 Å². The van der Waals surface area contributed by atoms with Crippen LogP contribution in [0.2, 0.25) is 0 Å². The molecule has 11 nitrogen and oxygen atoms in total. The summed E-state index contributed by atoms with van der Waals surface area (Å²) < 4.78 is 33.2. The zero-order valence-corrected chi connectivity index (χ0v) is 27.3. The topological polar surface area (TPSA) is 168 Å². The Kier molecular flexibility index (Phi) is 13.6. The van der Waals surface area contributed by atoms with Gasteiger partial charge in [0.05, 0.1) is 18.4 Å². The third-order valence-corrected chi connectivity index (χ3v) is 9.22. The van der Waals surface area contributed by atoms with Crippen molar-refractivity contribution < 1.29 is 32.6 Å². The van der Waals surface area contributed by atoms with Gasteiger partial charge in [0.25, 0.3) is 0 Å². The fraction of sp³-hybridized carbons (Fsp3) is 0.382. The number of carboxylic acid groups (broad SMARTS) is 1. The highest BCUT2D eigenvalue weighted by molar-refractivity contribution is 7.89. The van der Waals surface area contributed by atoms with Crippen LogP contribution >= 0.6 is 0 Å². The maximum atomic E-state index is 13.5. The maximum Gasteiger partial charge on any atom is 0.322 e. The lowest BCUT2D eigenvalue weighted by Gasteiger charge is -2.29. The number of unbranched alkanes of at least 4 members (excludes halogenated alkanes) is 1. The van der Waals surface area contributed by atoms with Gasteiger partial charge in [-0.1, -0.05) is 56.3 Å². The Bertz CT molecular complexity index is 1530. The molecule has 1 unspecified atom stereocenters. The van der Waals surface area contributed by atoms with Crippen LogP contribution < -0.4 is 21.1 Å². The minimum Gasteiger partial charge on any atom is -0.497 e. The van der Waals surface area contributed by atoms with E-state index < -0.39 is 28.1 Å². The lowest BCUT2D eigenvalue weighted by atomic mass is 10.0. The van der Waals surface area contributed by atoms with Gasteiger partial charge in [0.2, 0.25) is 21.8 Å². The summed E-state index contributed by atoms with van der Waals surface area (Å²) in [5.74, 6) is -1.36. The number of hydrogen-bond acceptors (Lipinski definition) is 7. The Hall–Kier alpha value is -4.42. The van der Waals surface area contributed by atoms with E-state index in [4.69, 9.17) is 10.5 Å². The summed E-state index contributed by atoms with van der Waals surface area (Å²) in [5.41, 5.74) is 7.76. The molecule has 3 aromatic rings. The highest BCUT2D eigenvalue weighted by atomic mass is 32.2. The van der Waals surface area contributed by atoms with Crippen molar-refractivity contribution in [1.29, 1.82) is 0 Å². The molecule has 5 N–H and O–H groups in total. The number of ether oxygens (including phenoxy) is 1. The van der Waals surface area contributed by atoms with Crippen LogP contribution in [-0.2, 0) is 37.2 Å². The van der Waals surface area contributed by atoms with Crippen molar-refractivity contribution in [1.82, 2.24) is 14.9 Å². The lowest BCUT2D eigenvalue weighted by Crippen LogP contribution is -2.48. The number of methoxy groups -OCH3 is 1. The molecule has 0 radical (unpaired) electrons. The highest BCUT2D eigenvalue weighted by Crippen LogP contribution is 2.24. The first-order chi connectivity index (χ1) is 21.9. The van der Waals surface area contributed by atoms with Gasteiger partial charge in [-0.05, 0) is 72.7 Å². The van der Waals surface area contributed by atoms with Gasteiger partial charge in [0.15, 0.2) is 0 Å². The van der Waals surface area contributed by atoms with Gasteiger partial charge in [0.1, 0.15) is 17.8 Å². The smallest absolute Gasteiger partial charge is 0.322 e. The van der Waals surface area contributed by atoms with Gasteiger partial charge in [0, 0.05) is 25.2 Å². The number of nitrogens with one attached hydrogen (secondary N) is 2. The average molecular weight is 653 g/mol. The molecule has 0 saturated heterocycles. The first-order valence-electron chi connectivity index (χ1n) is 15.2. The number of anilines is 1. The molecule has 46 heavy (non-hydrogen) atoms. The van der Waals surface area contributed by atoms with Gasteiger partial charge in [-0.2, -0.15) is 4.31 Å². The molecule has 0 aromatic heterocycles. The molecule has 0 saturated carbocycles. The standard InChI is InChI=1S/C34H44N4O7S/c1-24(2)23-38(46(43,44)29-18-14-27(35)15-19-29)31(34(41)42)11-7-8-20-36-33(40)30(21-25-9-5-4-6-10-25)37-32(39)22-26-12-16-28(45-3)17-13-26/h4-6,9-10,12-19,24,30-31H,7-8,11,20-23,35H2,1-3H3,(H,36,40)(H,37,39)(H,41,42)/t30?,31-/m0/s1. The number of carboxylic acids is 1. The minimum absolute atomic E-state index is 0.0256. The van der Waals surface area contributed by atoms with E-state index in [0.29, 0.717) is 24.3 Å². The summed E-state index contributed by atoms with van der Waals surface area (Å²) in [5, 5.41) is 15.7. The number of nitrogens with two attached hydrogens (primary N) is 1. The Morgan fingerprint density at radius 1 is 0.913 bits per heavy atom. The van der Waals surface area contributed by atoms with E-state index in [9.17, 15) is 27.9 Å². The molecule has 3 rings (SSSR count).